The fraction of sp³-hybridized carbons (Fsp3) is 0.333. The second-order valence-electron chi connectivity index (χ2n) is 4.55. The number of hydrogen-bond acceptors (Lipinski definition) is 4. The number of likely N-dealkylation sites (N-methyl/N-ethyl adjacent to an activating group) is 1. The fourth-order valence-electron chi connectivity index (χ4n) is 1.75. The van der Waals surface area contributed by atoms with Crippen LogP contribution in [0.4, 0.5) is 5.82 Å². The zero-order valence-corrected chi connectivity index (χ0v) is 11.5. The summed E-state index contributed by atoms with van der Waals surface area (Å²) in [5.74, 6) is 1.74. The van der Waals surface area contributed by atoms with Crippen LogP contribution in [0.1, 0.15) is 17.0 Å². The summed E-state index contributed by atoms with van der Waals surface area (Å²) in [5.41, 5.74) is 2.53. The second kappa shape index (κ2) is 6.85. The summed E-state index contributed by atoms with van der Waals surface area (Å²) in [6.07, 6.45) is 2.64. The van der Waals surface area contributed by atoms with Gasteiger partial charge in [0.05, 0.1) is 0 Å². The molecule has 0 radical (unpaired) electrons. The first-order valence-electron chi connectivity index (χ1n) is 6.54. The average molecular weight is 256 g/mol. The quantitative estimate of drug-likeness (QED) is 0.831. The summed E-state index contributed by atoms with van der Waals surface area (Å²) in [6.45, 7) is 3.76. The molecule has 0 spiro atoms. The molecule has 0 saturated heterocycles. The van der Waals surface area contributed by atoms with Crippen molar-refractivity contribution < 1.29 is 0 Å². The van der Waals surface area contributed by atoms with E-state index in [1.807, 2.05) is 13.1 Å². The van der Waals surface area contributed by atoms with Crippen LogP contribution in [0.5, 0.6) is 0 Å². The number of rotatable bonds is 6. The summed E-state index contributed by atoms with van der Waals surface area (Å²) in [7, 11) is 1.93. The van der Waals surface area contributed by atoms with Gasteiger partial charge >= 0.3 is 0 Å². The molecular weight excluding hydrogens is 236 g/mol. The molecular formula is C15H20N4. The molecule has 4 heteroatoms. The Balaban J connectivity index is 1.93. The maximum absolute atomic E-state index is 4.48. The minimum atomic E-state index is 0.781. The van der Waals surface area contributed by atoms with E-state index < -0.39 is 0 Å². The molecule has 19 heavy (non-hydrogen) atoms. The molecule has 100 valence electrons. The fourth-order valence-corrected chi connectivity index (χ4v) is 1.75. The van der Waals surface area contributed by atoms with Crippen molar-refractivity contribution in [3.63, 3.8) is 0 Å². The molecule has 1 aromatic heterocycles. The van der Waals surface area contributed by atoms with Crippen molar-refractivity contribution in [1.82, 2.24) is 15.3 Å². The number of aryl methyl sites for hydroxylation is 1. The average Bonchev–Trinajstić information content (AvgIpc) is 2.45. The molecule has 0 aliphatic rings. The highest BCUT2D eigenvalue weighted by molar-refractivity contribution is 5.35. The molecule has 2 rings (SSSR count). The Morgan fingerprint density at radius 2 is 1.89 bits per heavy atom. The van der Waals surface area contributed by atoms with Crippen molar-refractivity contribution in [2.45, 2.75) is 19.9 Å². The van der Waals surface area contributed by atoms with Crippen LogP contribution in [-0.2, 0) is 13.0 Å². The Labute approximate surface area is 114 Å². The zero-order valence-electron chi connectivity index (χ0n) is 11.5. The summed E-state index contributed by atoms with van der Waals surface area (Å²) < 4.78 is 0. The van der Waals surface area contributed by atoms with E-state index in [1.54, 1.807) is 6.20 Å². The van der Waals surface area contributed by atoms with Gasteiger partial charge in [0.25, 0.3) is 0 Å². The number of nitrogens with zero attached hydrogens (tertiary/aromatic N) is 2. The largest absolute Gasteiger partial charge is 0.366 e. The van der Waals surface area contributed by atoms with Gasteiger partial charge in [0.2, 0.25) is 0 Å². The Bertz CT molecular complexity index is 508. The van der Waals surface area contributed by atoms with Crippen molar-refractivity contribution in [2.24, 2.45) is 0 Å². The van der Waals surface area contributed by atoms with Gasteiger partial charge in [0.1, 0.15) is 11.6 Å². The summed E-state index contributed by atoms with van der Waals surface area (Å²) >= 11 is 0. The molecule has 4 nitrogen and oxygen atoms in total. The molecule has 0 atom stereocenters. The van der Waals surface area contributed by atoms with Gasteiger partial charge in [-0.3, -0.25) is 0 Å². The SMILES string of the molecule is CNCCc1nccc(NCc2ccc(C)cc2)n1. The van der Waals surface area contributed by atoms with Crippen LogP contribution < -0.4 is 10.6 Å². The van der Waals surface area contributed by atoms with E-state index in [2.05, 4.69) is 51.8 Å². The number of aromatic nitrogens is 2. The van der Waals surface area contributed by atoms with Gasteiger partial charge in [-0.1, -0.05) is 29.8 Å². The Morgan fingerprint density at radius 1 is 1.11 bits per heavy atom. The van der Waals surface area contributed by atoms with E-state index in [1.165, 1.54) is 11.1 Å². The molecule has 0 amide bonds. The number of benzene rings is 1. The van der Waals surface area contributed by atoms with Crippen molar-refractivity contribution >= 4 is 5.82 Å². The van der Waals surface area contributed by atoms with Crippen molar-refractivity contribution in [3.8, 4) is 0 Å². The lowest BCUT2D eigenvalue weighted by Gasteiger charge is -2.07. The molecule has 0 aliphatic heterocycles. The van der Waals surface area contributed by atoms with Gasteiger partial charge < -0.3 is 10.6 Å². The smallest absolute Gasteiger partial charge is 0.131 e. The first-order valence-corrected chi connectivity index (χ1v) is 6.54. The van der Waals surface area contributed by atoms with Crippen LogP contribution in [0.2, 0.25) is 0 Å². The van der Waals surface area contributed by atoms with E-state index in [0.29, 0.717) is 0 Å². The lowest BCUT2D eigenvalue weighted by Crippen LogP contribution is -2.13. The third-order valence-corrected chi connectivity index (χ3v) is 2.90. The van der Waals surface area contributed by atoms with Crippen LogP contribution in [0, 0.1) is 6.92 Å². The first kappa shape index (κ1) is 13.5. The topological polar surface area (TPSA) is 49.8 Å². The Morgan fingerprint density at radius 3 is 2.63 bits per heavy atom. The van der Waals surface area contributed by atoms with Crippen LogP contribution in [-0.4, -0.2) is 23.6 Å². The van der Waals surface area contributed by atoms with Gasteiger partial charge in [-0.25, -0.2) is 9.97 Å². The van der Waals surface area contributed by atoms with Gasteiger partial charge in [-0.2, -0.15) is 0 Å². The van der Waals surface area contributed by atoms with E-state index in [4.69, 9.17) is 0 Å². The van der Waals surface area contributed by atoms with Crippen LogP contribution in [0.3, 0.4) is 0 Å². The minimum Gasteiger partial charge on any atom is -0.366 e. The molecule has 2 aromatic rings. The molecule has 2 N–H and O–H groups in total. The van der Waals surface area contributed by atoms with Crippen molar-refractivity contribution in [1.29, 1.82) is 0 Å². The predicted molar refractivity (Wildman–Crippen MR) is 78.2 cm³/mol. The number of nitrogens with one attached hydrogen (secondary N) is 2. The Hall–Kier alpha value is -1.94. The van der Waals surface area contributed by atoms with Gasteiger partial charge in [-0.15, -0.1) is 0 Å². The Kier molecular flexibility index (Phi) is 4.86. The minimum absolute atomic E-state index is 0.781. The summed E-state index contributed by atoms with van der Waals surface area (Å²) in [5, 5.41) is 6.42. The monoisotopic (exact) mass is 256 g/mol. The lowest BCUT2D eigenvalue weighted by molar-refractivity contribution is 0.755. The predicted octanol–water partition coefficient (Wildman–Crippen LogP) is 2.16. The molecule has 1 aromatic carbocycles. The van der Waals surface area contributed by atoms with Crippen LogP contribution >= 0.6 is 0 Å². The van der Waals surface area contributed by atoms with E-state index in [9.17, 15) is 0 Å². The molecule has 1 heterocycles. The van der Waals surface area contributed by atoms with E-state index in [-0.39, 0.29) is 0 Å². The highest BCUT2D eigenvalue weighted by Gasteiger charge is 1.99. The third kappa shape index (κ3) is 4.34. The van der Waals surface area contributed by atoms with Gasteiger partial charge in [0, 0.05) is 25.7 Å². The van der Waals surface area contributed by atoms with Crippen molar-refractivity contribution in [3.05, 3.63) is 53.5 Å². The second-order valence-corrected chi connectivity index (χ2v) is 4.55. The van der Waals surface area contributed by atoms with Crippen LogP contribution in [0.25, 0.3) is 0 Å². The molecule has 0 aliphatic carbocycles. The standard InChI is InChI=1S/C15H20N4/c1-12-3-5-13(6-4-12)11-18-15-8-10-17-14(19-15)7-9-16-2/h3-6,8,10,16H,7,9,11H2,1-2H3,(H,17,18,19). The third-order valence-electron chi connectivity index (χ3n) is 2.90. The maximum Gasteiger partial charge on any atom is 0.131 e. The molecule has 0 unspecified atom stereocenters. The molecule has 0 saturated carbocycles. The van der Waals surface area contributed by atoms with Crippen molar-refractivity contribution in [2.75, 3.05) is 18.9 Å². The van der Waals surface area contributed by atoms with Gasteiger partial charge in [-0.05, 0) is 25.6 Å². The van der Waals surface area contributed by atoms with E-state index in [0.717, 1.165) is 31.2 Å². The van der Waals surface area contributed by atoms with Crippen LogP contribution in [0.15, 0.2) is 36.5 Å². The first-order chi connectivity index (χ1) is 9.28. The molecule has 0 bridgehead atoms. The molecule has 0 fully saturated rings. The lowest BCUT2D eigenvalue weighted by atomic mass is 10.1. The number of hydrogen-bond donors (Lipinski definition) is 2. The van der Waals surface area contributed by atoms with E-state index >= 15 is 0 Å². The summed E-state index contributed by atoms with van der Waals surface area (Å²) in [4.78, 5) is 8.73. The maximum atomic E-state index is 4.48. The highest BCUT2D eigenvalue weighted by Crippen LogP contribution is 2.07. The zero-order chi connectivity index (χ0) is 13.5. The van der Waals surface area contributed by atoms with Gasteiger partial charge in [0.15, 0.2) is 0 Å². The normalized spacial score (nSPS) is 10.4. The highest BCUT2D eigenvalue weighted by atomic mass is 15.0. The summed E-state index contributed by atoms with van der Waals surface area (Å²) in [6, 6.07) is 10.4. The number of anilines is 1.